The third kappa shape index (κ3) is 24.0. The first-order chi connectivity index (χ1) is 61.3. The van der Waals surface area contributed by atoms with Gasteiger partial charge < -0.3 is 82.4 Å². The summed E-state index contributed by atoms with van der Waals surface area (Å²) in [6.45, 7) is 30.8. The molecular weight excluding hydrogens is 1700 g/mol. The molecule has 726 valence electrons. The number of rotatable bonds is 23. The van der Waals surface area contributed by atoms with Crippen LogP contribution in [0, 0.1) is 16.2 Å². The number of allylic oxidation sites excluding steroid dienone is 1. The highest BCUT2D eigenvalue weighted by Gasteiger charge is 2.60. The Balaban J connectivity index is 0.000000163. The fourth-order valence-electron chi connectivity index (χ4n) is 19.6. The molecule has 130 heavy (non-hydrogen) atoms. The summed E-state index contributed by atoms with van der Waals surface area (Å²) in [6, 6.07) is 6.42. The van der Waals surface area contributed by atoms with E-state index in [1.165, 1.54) is 95.1 Å². The number of nitrogens with one attached hydrogen (secondary N) is 5. The molecule has 5 aromatic heterocycles. The Morgan fingerprint density at radius 3 is 0.969 bits per heavy atom. The maximum Gasteiger partial charge on any atom is 0.330 e. The van der Waals surface area contributed by atoms with Crippen LogP contribution in [0.5, 0.6) is 0 Å². The van der Waals surface area contributed by atoms with Gasteiger partial charge in [-0.05, 0) is 142 Å². The molecule has 0 bridgehead atoms. The van der Waals surface area contributed by atoms with Crippen LogP contribution in [-0.4, -0.2) is 219 Å². The van der Waals surface area contributed by atoms with Crippen LogP contribution in [0.4, 0.5) is 0 Å². The molecule has 15 atom stereocenters. The van der Waals surface area contributed by atoms with Crippen LogP contribution >= 0.6 is 0 Å². The lowest BCUT2D eigenvalue weighted by Gasteiger charge is -2.39. The lowest BCUT2D eigenvalue weighted by atomic mass is 9.80. The standard InChI is InChI=1S/C19H29NO5.C17H26N2O6.C15H22N2O6.C14H22N2O3.C13H20N2O4.C12H18N2O5/c1-4-19(5-2)13-18(3,24-16-8-6-7-11-23-16)17(25-19)20-10-9-14(21)12-15(20)22;1-3-17(11-20)10-16(2,24-13-6-4-5-9-23-13)14(25-17)19-8-7-12(21)18-15(19)22;1-15(23-12-4-2-3-7-21-12)8-10(9-18)22-13(15)17-6-5-11(19)16-14(17)20;1-5-14(6-2)9-13(3,4)11(19-14)16-8-7-10(17)15-12(16)18;1-4-13(8-16)7-12(2,3)10(19-13)15-6-5-9(17)14-11(15)18;1-11(2)5-12(6-15,7-16)19-9(11)14-4-3-8(17)13-10(14)18/h9-10,16-17H,4-8,11-13H2,1-3H3;7-8,13-14,20H,3-6,9-11H2,1-2H3,(H,18,21,22);5-6,10,12-13,18H,2-4,7-9H2,1H3,(H,16,19,20);7-8,11H,5-6,9H2,1-4H3,(H,15,17,18);5-6,10,16H,4,7-8H2,1-3H3,(H,14,17,18);3-4,9,15-16H,5-7H2,1-2H3,(H,13,17,18)/t16?,17-,18-;13?,14-,16-,17+;10-,12?,13+,15+;11-;10-,13-;9-/m110111/s1. The van der Waals surface area contributed by atoms with Crippen molar-refractivity contribution in [2.24, 2.45) is 16.2 Å². The summed E-state index contributed by atoms with van der Waals surface area (Å²) in [5, 5.41) is 47.7. The highest BCUT2D eigenvalue weighted by Crippen LogP contribution is 2.55. The number of hydrogen-bond donors (Lipinski definition) is 10. The van der Waals surface area contributed by atoms with Crippen molar-refractivity contribution in [2.45, 2.75) is 352 Å². The molecule has 40 heteroatoms. The molecule has 0 saturated carbocycles. The van der Waals surface area contributed by atoms with Gasteiger partial charge in [-0.3, -0.25) is 86.2 Å². The van der Waals surface area contributed by atoms with Crippen molar-refractivity contribution in [1.29, 1.82) is 0 Å². The summed E-state index contributed by atoms with van der Waals surface area (Å²) < 4.78 is 78.8. The van der Waals surface area contributed by atoms with Crippen molar-refractivity contribution in [2.75, 3.05) is 52.9 Å². The maximum atomic E-state index is 12.4. The summed E-state index contributed by atoms with van der Waals surface area (Å²) in [4.78, 5) is 153. The Hall–Kier alpha value is -8.40. The number of carbonyl (C=O) groups excluding carboxylic acids is 2. The smallest absolute Gasteiger partial charge is 0.330 e. The van der Waals surface area contributed by atoms with E-state index in [0.29, 0.717) is 64.8 Å². The van der Waals surface area contributed by atoms with Crippen molar-refractivity contribution in [1.82, 2.24) is 52.7 Å². The zero-order chi connectivity index (χ0) is 95.4. The molecule has 5 aromatic rings. The normalized spacial score (nSPS) is 31.3. The van der Waals surface area contributed by atoms with Gasteiger partial charge in [-0.2, -0.15) is 0 Å². The predicted molar refractivity (Wildman–Crippen MR) is 471 cm³/mol. The molecule has 0 radical (unpaired) electrons. The third-order valence-electron chi connectivity index (χ3n) is 26.7. The van der Waals surface area contributed by atoms with Gasteiger partial charge in [-0.25, -0.2) is 24.0 Å². The molecular formula is C90H137N11O29. The van der Waals surface area contributed by atoms with E-state index in [1.54, 1.807) is 6.20 Å². The zero-order valence-electron chi connectivity index (χ0n) is 77.6. The molecule has 0 spiro atoms. The molecule has 10 aliphatic heterocycles. The first-order valence-electron chi connectivity index (χ1n) is 45.4. The lowest BCUT2D eigenvalue weighted by Crippen LogP contribution is -2.53. The van der Waals surface area contributed by atoms with Crippen molar-refractivity contribution in [3.8, 4) is 0 Å². The van der Waals surface area contributed by atoms with Crippen molar-refractivity contribution >= 4 is 11.7 Å². The Bertz CT molecular complexity index is 5020. The number of ether oxygens (including phenoxy) is 12. The second-order valence-corrected chi connectivity index (χ2v) is 38.4. The number of aromatic amines is 5. The maximum absolute atomic E-state index is 12.4. The minimum absolute atomic E-state index is 0.0818. The zero-order valence-corrected chi connectivity index (χ0v) is 77.6. The Morgan fingerprint density at radius 2 is 0.654 bits per heavy atom. The number of aromatic nitrogens is 10. The summed E-state index contributed by atoms with van der Waals surface area (Å²) in [6.07, 6.45) is 21.9. The van der Waals surface area contributed by atoms with Crippen LogP contribution in [0.15, 0.2) is 122 Å². The van der Waals surface area contributed by atoms with Gasteiger partial charge in [0.25, 0.3) is 27.8 Å². The number of aliphatic hydroxyl groups is 5. The van der Waals surface area contributed by atoms with Gasteiger partial charge in [0.05, 0.1) is 68.0 Å². The van der Waals surface area contributed by atoms with E-state index in [2.05, 4.69) is 66.5 Å². The number of carbonyl (C=O) groups is 2. The topological polar surface area (TPSA) is 524 Å². The van der Waals surface area contributed by atoms with Gasteiger partial charge in [0.15, 0.2) is 43.3 Å². The van der Waals surface area contributed by atoms with E-state index < -0.39 is 127 Å². The average Bonchev–Trinajstić information content (AvgIpc) is 1.60. The number of nitrogens with zero attached hydrogens (tertiary/aromatic N) is 6. The number of aliphatic hydroxyl groups excluding tert-OH is 5. The third-order valence-corrected chi connectivity index (χ3v) is 26.7. The largest absolute Gasteiger partial charge is 0.394 e. The molecule has 9 saturated heterocycles. The van der Waals surface area contributed by atoms with E-state index in [9.17, 15) is 83.1 Å². The first kappa shape index (κ1) is 104. The quantitative estimate of drug-likeness (QED) is 0.0346. The number of ketones is 1. The second kappa shape index (κ2) is 42.9. The van der Waals surface area contributed by atoms with Gasteiger partial charge in [0, 0.05) is 123 Å². The van der Waals surface area contributed by atoms with Crippen molar-refractivity contribution < 1.29 is 92.0 Å². The minimum Gasteiger partial charge on any atom is -0.394 e. The van der Waals surface area contributed by atoms with Crippen LogP contribution in [0.25, 0.3) is 0 Å². The van der Waals surface area contributed by atoms with Crippen LogP contribution < -0.4 is 56.2 Å². The Morgan fingerprint density at radius 1 is 0.362 bits per heavy atom. The van der Waals surface area contributed by atoms with Gasteiger partial charge in [0.2, 0.25) is 5.91 Å². The molecule has 0 aliphatic carbocycles. The average molecular weight is 1840 g/mol. The fourth-order valence-corrected chi connectivity index (χ4v) is 19.6. The molecule has 1 amide bonds. The van der Waals surface area contributed by atoms with Gasteiger partial charge in [0.1, 0.15) is 41.1 Å². The molecule has 15 rings (SSSR count). The molecule has 10 N–H and O–H groups in total. The molecule has 40 nitrogen and oxygen atoms in total. The Labute approximate surface area is 752 Å². The number of amides is 1. The van der Waals surface area contributed by atoms with Crippen molar-refractivity contribution in [3.05, 3.63) is 178 Å². The summed E-state index contributed by atoms with van der Waals surface area (Å²) in [5.41, 5.74) is -11.1. The van der Waals surface area contributed by atoms with Gasteiger partial charge >= 0.3 is 28.4 Å². The fraction of sp³-hybridized carbons (Fsp3) is 0.733. The van der Waals surface area contributed by atoms with E-state index >= 15 is 0 Å². The molecule has 9 fully saturated rings. The highest BCUT2D eigenvalue weighted by atomic mass is 16.7. The monoisotopic (exact) mass is 1840 g/mol. The van der Waals surface area contributed by atoms with E-state index in [4.69, 9.17) is 56.8 Å². The van der Waals surface area contributed by atoms with Gasteiger partial charge in [-0.1, -0.05) is 83.1 Å². The van der Waals surface area contributed by atoms with Crippen LogP contribution in [0.1, 0.15) is 276 Å². The molecule has 10 aliphatic rings. The number of H-pyrrole nitrogens is 5. The molecule has 3 unspecified atom stereocenters. The number of hydrogen-bond acceptors (Lipinski definition) is 29. The summed E-state index contributed by atoms with van der Waals surface area (Å²) in [5.74, 6) is -0.408. The van der Waals surface area contributed by atoms with Crippen molar-refractivity contribution in [3.63, 3.8) is 0 Å². The summed E-state index contributed by atoms with van der Waals surface area (Å²) in [7, 11) is 0. The SMILES string of the molecule is CC1(C)CC(CO)(CO)O[C@H]1n1ccc(=O)[nH]c1=O.CCC1(CC)CC(C)(C)[C@H](n2ccc(=O)[nH]c2=O)O1.CCC1(CC)C[C@@](C)(OC2CCCCO2)[C@H](N2C=CC(=O)CC2=O)O1.CC[C@@]1(CO)C[C@@](C)(OC2CCCCO2)[C@H](n2ccc(=O)[nH]c2=O)O1.CC[C@]1(CO)CC(C)(C)[C@H](n2ccc(=O)[nH]c2=O)O1.C[C@@]1(OC2CCCCO2)C[C@@H](CO)O[C@H]1n1ccc(=O)[nH]c1=O. The minimum atomic E-state index is -1.07. The lowest BCUT2D eigenvalue weighted by molar-refractivity contribution is -0.246. The van der Waals surface area contributed by atoms with Crippen LogP contribution in [-0.2, 0) is 66.4 Å². The summed E-state index contributed by atoms with van der Waals surface area (Å²) >= 11 is 0. The molecule has 0 aromatic carbocycles. The highest BCUT2D eigenvalue weighted by molar-refractivity contribution is 6.06. The van der Waals surface area contributed by atoms with E-state index in [0.717, 1.165) is 89.9 Å². The van der Waals surface area contributed by atoms with E-state index in [-0.39, 0.29) is 104 Å². The molecule has 15 heterocycles. The predicted octanol–water partition coefficient (Wildman–Crippen LogP) is 5.79. The van der Waals surface area contributed by atoms with Gasteiger partial charge in [-0.15, -0.1) is 0 Å². The second-order valence-electron chi connectivity index (χ2n) is 38.4. The van der Waals surface area contributed by atoms with Crippen LogP contribution in [0.2, 0.25) is 0 Å². The van der Waals surface area contributed by atoms with E-state index in [1.807, 2.05) is 62.3 Å². The Kier molecular flexibility index (Phi) is 34.2. The first-order valence-corrected chi connectivity index (χ1v) is 45.4. The van der Waals surface area contributed by atoms with Crippen LogP contribution in [0.3, 0.4) is 0 Å².